The van der Waals surface area contributed by atoms with E-state index >= 15 is 0 Å². The van der Waals surface area contributed by atoms with E-state index in [2.05, 4.69) is 6.92 Å². The largest absolute Gasteiger partial charge is 0.378 e. The summed E-state index contributed by atoms with van der Waals surface area (Å²) in [5, 5.41) is 0. The third-order valence-corrected chi connectivity index (χ3v) is 4.01. The molecule has 0 unspecified atom stereocenters. The molecule has 18 heavy (non-hydrogen) atoms. The van der Waals surface area contributed by atoms with Crippen LogP contribution in [0.2, 0.25) is 0 Å². The molecule has 1 fully saturated rings. The van der Waals surface area contributed by atoms with Gasteiger partial charge >= 0.3 is 0 Å². The molecular formula is C16H30O2. The van der Waals surface area contributed by atoms with E-state index < -0.39 is 0 Å². The van der Waals surface area contributed by atoms with E-state index in [1.54, 1.807) is 0 Å². The summed E-state index contributed by atoms with van der Waals surface area (Å²) in [6.07, 6.45) is 15.2. The molecule has 0 aromatic rings. The van der Waals surface area contributed by atoms with Crippen LogP contribution in [0, 0.1) is 5.92 Å². The highest BCUT2D eigenvalue weighted by molar-refractivity contribution is 5.53. The lowest BCUT2D eigenvalue weighted by Gasteiger charge is -2.25. The van der Waals surface area contributed by atoms with Crippen LogP contribution in [0.15, 0.2) is 0 Å². The normalized spacial score (nSPS) is 24.1. The Hall–Kier alpha value is -0.370. The van der Waals surface area contributed by atoms with Gasteiger partial charge < -0.3 is 9.53 Å². The van der Waals surface area contributed by atoms with Crippen LogP contribution in [0.1, 0.15) is 77.6 Å². The zero-order valence-electron chi connectivity index (χ0n) is 12.0. The third-order valence-electron chi connectivity index (χ3n) is 4.01. The summed E-state index contributed by atoms with van der Waals surface area (Å²) in [6, 6.07) is 0. The number of ether oxygens (including phenoxy) is 1. The number of hydrogen-bond acceptors (Lipinski definition) is 2. The van der Waals surface area contributed by atoms with E-state index in [4.69, 9.17) is 4.74 Å². The maximum Gasteiger partial charge on any atom is 0.123 e. The SMILES string of the molecule is CCCCCCCCCOC1CCC(C=O)CC1. The topological polar surface area (TPSA) is 26.3 Å². The summed E-state index contributed by atoms with van der Waals surface area (Å²) >= 11 is 0. The number of unbranched alkanes of at least 4 members (excludes halogenated alkanes) is 6. The van der Waals surface area contributed by atoms with Gasteiger partial charge in [-0.1, -0.05) is 45.4 Å². The molecule has 1 rings (SSSR count). The van der Waals surface area contributed by atoms with Crippen LogP contribution in [-0.2, 0) is 9.53 Å². The molecule has 2 heteroatoms. The third kappa shape index (κ3) is 7.15. The molecule has 1 aliphatic carbocycles. The van der Waals surface area contributed by atoms with Crippen molar-refractivity contribution in [3.63, 3.8) is 0 Å². The summed E-state index contributed by atoms with van der Waals surface area (Å²) in [6.45, 7) is 3.18. The zero-order chi connectivity index (χ0) is 13.1. The van der Waals surface area contributed by atoms with Gasteiger partial charge in [0.15, 0.2) is 0 Å². The van der Waals surface area contributed by atoms with E-state index in [1.807, 2.05) is 0 Å². The van der Waals surface area contributed by atoms with Gasteiger partial charge in [-0.3, -0.25) is 0 Å². The van der Waals surface area contributed by atoms with Gasteiger partial charge in [-0.05, 0) is 32.1 Å². The Morgan fingerprint density at radius 2 is 1.56 bits per heavy atom. The first-order valence-corrected chi connectivity index (χ1v) is 7.93. The van der Waals surface area contributed by atoms with Gasteiger partial charge in [-0.15, -0.1) is 0 Å². The van der Waals surface area contributed by atoms with Crippen LogP contribution in [0.4, 0.5) is 0 Å². The average Bonchev–Trinajstić information content (AvgIpc) is 2.42. The summed E-state index contributed by atoms with van der Waals surface area (Å²) in [5.74, 6) is 0.309. The minimum absolute atomic E-state index is 0.309. The molecule has 0 radical (unpaired) electrons. The summed E-state index contributed by atoms with van der Waals surface area (Å²) in [4.78, 5) is 10.6. The van der Waals surface area contributed by atoms with Crippen LogP contribution >= 0.6 is 0 Å². The summed E-state index contributed by atoms with van der Waals surface area (Å²) in [7, 11) is 0. The van der Waals surface area contributed by atoms with Gasteiger partial charge in [0.2, 0.25) is 0 Å². The summed E-state index contributed by atoms with van der Waals surface area (Å²) in [5.41, 5.74) is 0. The van der Waals surface area contributed by atoms with Crippen LogP contribution in [0.5, 0.6) is 0 Å². The summed E-state index contributed by atoms with van der Waals surface area (Å²) < 4.78 is 5.89. The maximum absolute atomic E-state index is 10.6. The Labute approximate surface area is 112 Å². The van der Waals surface area contributed by atoms with E-state index in [1.165, 1.54) is 44.9 Å². The molecule has 0 bridgehead atoms. The Balaban J connectivity index is 1.85. The van der Waals surface area contributed by atoms with Gasteiger partial charge in [-0.25, -0.2) is 0 Å². The Morgan fingerprint density at radius 3 is 2.17 bits per heavy atom. The second kappa shape index (κ2) is 10.5. The molecule has 0 saturated heterocycles. The fourth-order valence-electron chi connectivity index (χ4n) is 2.70. The fraction of sp³-hybridized carbons (Fsp3) is 0.938. The second-order valence-corrected chi connectivity index (χ2v) is 5.66. The van der Waals surface area contributed by atoms with Gasteiger partial charge in [-0.2, -0.15) is 0 Å². The van der Waals surface area contributed by atoms with Gasteiger partial charge in [0.1, 0.15) is 6.29 Å². The molecule has 106 valence electrons. The molecular weight excluding hydrogens is 224 g/mol. The zero-order valence-corrected chi connectivity index (χ0v) is 12.0. The van der Waals surface area contributed by atoms with Crippen molar-refractivity contribution in [3.05, 3.63) is 0 Å². The standard InChI is InChI=1S/C16H30O2/c1-2-3-4-5-6-7-8-13-18-16-11-9-15(14-17)10-12-16/h14-16H,2-13H2,1H3. The molecule has 0 spiro atoms. The smallest absolute Gasteiger partial charge is 0.123 e. The van der Waals surface area contributed by atoms with Gasteiger partial charge in [0.05, 0.1) is 6.10 Å². The number of carbonyl (C=O) groups is 1. The molecule has 1 saturated carbocycles. The first-order valence-electron chi connectivity index (χ1n) is 7.93. The lowest BCUT2D eigenvalue weighted by molar-refractivity contribution is -0.112. The molecule has 2 nitrogen and oxygen atoms in total. The molecule has 0 heterocycles. The van der Waals surface area contributed by atoms with E-state index in [0.717, 1.165) is 38.6 Å². The number of hydrogen-bond donors (Lipinski definition) is 0. The fourth-order valence-corrected chi connectivity index (χ4v) is 2.70. The van der Waals surface area contributed by atoms with E-state index in [9.17, 15) is 4.79 Å². The van der Waals surface area contributed by atoms with Crippen LogP contribution < -0.4 is 0 Å². The average molecular weight is 254 g/mol. The van der Waals surface area contributed by atoms with Crippen molar-refractivity contribution in [1.29, 1.82) is 0 Å². The second-order valence-electron chi connectivity index (χ2n) is 5.66. The van der Waals surface area contributed by atoms with E-state index in [-0.39, 0.29) is 0 Å². The highest BCUT2D eigenvalue weighted by Crippen LogP contribution is 2.24. The van der Waals surface area contributed by atoms with Crippen LogP contribution in [0.3, 0.4) is 0 Å². The quantitative estimate of drug-likeness (QED) is 0.423. The minimum atomic E-state index is 0.309. The number of carbonyl (C=O) groups excluding carboxylic acids is 1. The Morgan fingerprint density at radius 1 is 0.944 bits per heavy atom. The van der Waals surface area contributed by atoms with Crippen molar-refractivity contribution in [1.82, 2.24) is 0 Å². The van der Waals surface area contributed by atoms with Crippen LogP contribution in [-0.4, -0.2) is 19.0 Å². The Kier molecular flexibility index (Phi) is 9.19. The molecule has 1 aliphatic rings. The van der Waals surface area contributed by atoms with Crippen molar-refractivity contribution >= 4 is 6.29 Å². The monoisotopic (exact) mass is 254 g/mol. The van der Waals surface area contributed by atoms with Gasteiger partial charge in [0.25, 0.3) is 0 Å². The number of aldehydes is 1. The minimum Gasteiger partial charge on any atom is -0.378 e. The number of rotatable bonds is 10. The van der Waals surface area contributed by atoms with Crippen molar-refractivity contribution in [2.75, 3.05) is 6.61 Å². The maximum atomic E-state index is 10.6. The molecule has 0 aromatic heterocycles. The molecule has 0 aromatic carbocycles. The van der Waals surface area contributed by atoms with E-state index in [0.29, 0.717) is 12.0 Å². The lowest BCUT2D eigenvalue weighted by Crippen LogP contribution is -2.22. The van der Waals surface area contributed by atoms with Crippen molar-refractivity contribution in [3.8, 4) is 0 Å². The lowest BCUT2D eigenvalue weighted by atomic mass is 9.88. The van der Waals surface area contributed by atoms with Crippen LogP contribution in [0.25, 0.3) is 0 Å². The molecule has 0 amide bonds. The molecule has 0 aliphatic heterocycles. The molecule has 0 N–H and O–H groups in total. The van der Waals surface area contributed by atoms with Crippen molar-refractivity contribution in [2.24, 2.45) is 5.92 Å². The first kappa shape index (κ1) is 15.7. The Bertz CT molecular complexity index is 195. The van der Waals surface area contributed by atoms with Gasteiger partial charge in [0, 0.05) is 12.5 Å². The van der Waals surface area contributed by atoms with Crippen molar-refractivity contribution < 1.29 is 9.53 Å². The predicted octanol–water partition coefficient (Wildman–Crippen LogP) is 4.51. The highest BCUT2D eigenvalue weighted by Gasteiger charge is 2.20. The molecule has 0 atom stereocenters. The first-order chi connectivity index (χ1) is 8.86. The highest BCUT2D eigenvalue weighted by atomic mass is 16.5. The van der Waals surface area contributed by atoms with Crippen molar-refractivity contribution in [2.45, 2.75) is 83.7 Å². The predicted molar refractivity (Wildman–Crippen MR) is 75.8 cm³/mol.